The Kier molecular flexibility index (Phi) is 6.43. The first kappa shape index (κ1) is 10.6. The molecule has 0 saturated heterocycles. The van der Waals surface area contributed by atoms with Gasteiger partial charge in [0.25, 0.3) is 0 Å². The van der Waals surface area contributed by atoms with Crippen LogP contribution in [0, 0.1) is 0 Å². The molecule has 0 aliphatic rings. The van der Waals surface area contributed by atoms with Gasteiger partial charge in [-0.2, -0.15) is 0 Å². The summed E-state index contributed by atoms with van der Waals surface area (Å²) in [6.45, 7) is 4.95. The Balaban J connectivity index is 0. The maximum Gasteiger partial charge on any atom is 0.332 e. The number of carbonyl (C=O) groups excluding carboxylic acids is 1. The average Bonchev–Trinajstić information content (AvgIpc) is 1.65. The number of methoxy groups -OCH3 is 1. The number of ether oxygens (including phenoxy) is 1. The first-order chi connectivity index (χ1) is 3.18. The minimum absolute atomic E-state index is 0. The molecule has 0 aromatic heterocycles. The molecular formula is C5H9BrO2. The fraction of sp³-hybridized carbons (Fsp3) is 0.400. The normalized spacial score (nSPS) is 6.75. The lowest BCUT2D eigenvalue weighted by atomic mass is 10.4. The lowest BCUT2D eigenvalue weighted by Crippen LogP contribution is -1.98. The summed E-state index contributed by atoms with van der Waals surface area (Å²) >= 11 is 0. The average molecular weight is 181 g/mol. The van der Waals surface area contributed by atoms with Gasteiger partial charge >= 0.3 is 5.97 Å². The van der Waals surface area contributed by atoms with E-state index in [-0.39, 0.29) is 23.0 Å². The second kappa shape index (κ2) is 4.84. The fourth-order valence-electron chi connectivity index (χ4n) is 0.174. The smallest absolute Gasteiger partial charge is 0.332 e. The maximum absolute atomic E-state index is 10.2. The van der Waals surface area contributed by atoms with Crippen LogP contribution < -0.4 is 0 Å². The molecule has 2 nitrogen and oxygen atoms in total. The van der Waals surface area contributed by atoms with Crippen LogP contribution in [0.5, 0.6) is 0 Å². The Bertz CT molecular complexity index is 98.6. The highest BCUT2D eigenvalue weighted by atomic mass is 79.9. The molecule has 0 rings (SSSR count). The molecule has 0 spiro atoms. The summed E-state index contributed by atoms with van der Waals surface area (Å²) in [7, 11) is 1.33. The Morgan fingerprint density at radius 2 is 2.00 bits per heavy atom. The van der Waals surface area contributed by atoms with Crippen molar-refractivity contribution in [2.75, 3.05) is 7.11 Å². The van der Waals surface area contributed by atoms with Crippen LogP contribution in [-0.4, -0.2) is 13.1 Å². The fourth-order valence-corrected chi connectivity index (χ4v) is 0.174. The van der Waals surface area contributed by atoms with Gasteiger partial charge in [0.15, 0.2) is 0 Å². The van der Waals surface area contributed by atoms with Crippen LogP contribution in [0.1, 0.15) is 6.92 Å². The molecule has 0 aromatic rings. The Morgan fingerprint density at radius 1 is 1.62 bits per heavy atom. The topological polar surface area (TPSA) is 26.3 Å². The first-order valence-corrected chi connectivity index (χ1v) is 1.92. The first-order valence-electron chi connectivity index (χ1n) is 1.92. The summed E-state index contributed by atoms with van der Waals surface area (Å²) in [5.41, 5.74) is 0.433. The molecule has 0 aliphatic heterocycles. The predicted molar refractivity (Wildman–Crippen MR) is 37.2 cm³/mol. The highest BCUT2D eigenvalue weighted by molar-refractivity contribution is 8.93. The second-order valence-electron chi connectivity index (χ2n) is 1.27. The van der Waals surface area contributed by atoms with Crippen molar-refractivity contribution in [1.82, 2.24) is 0 Å². The van der Waals surface area contributed by atoms with Crippen molar-refractivity contribution in [2.24, 2.45) is 0 Å². The van der Waals surface area contributed by atoms with Crippen molar-refractivity contribution < 1.29 is 9.53 Å². The van der Waals surface area contributed by atoms with Crippen molar-refractivity contribution in [2.45, 2.75) is 6.92 Å². The molecule has 0 aliphatic carbocycles. The van der Waals surface area contributed by atoms with Crippen LogP contribution in [0.3, 0.4) is 0 Å². The number of esters is 1. The molecule has 0 saturated carbocycles. The lowest BCUT2D eigenvalue weighted by molar-refractivity contribution is -0.135. The Labute approximate surface area is 59.3 Å². The van der Waals surface area contributed by atoms with Gasteiger partial charge in [-0.1, -0.05) is 6.58 Å². The molecule has 0 heterocycles. The van der Waals surface area contributed by atoms with E-state index >= 15 is 0 Å². The van der Waals surface area contributed by atoms with Crippen LogP contribution >= 0.6 is 17.0 Å². The van der Waals surface area contributed by atoms with Crippen molar-refractivity contribution >= 4 is 23.0 Å². The number of carbonyl (C=O) groups is 1. The number of rotatable bonds is 1. The van der Waals surface area contributed by atoms with E-state index in [1.165, 1.54) is 7.11 Å². The van der Waals surface area contributed by atoms with Gasteiger partial charge < -0.3 is 4.74 Å². The largest absolute Gasteiger partial charge is 0.466 e. The number of hydrogen-bond acceptors (Lipinski definition) is 2. The third kappa shape index (κ3) is 3.87. The zero-order valence-electron chi connectivity index (χ0n) is 4.93. The lowest BCUT2D eigenvalue weighted by Gasteiger charge is -1.91. The van der Waals surface area contributed by atoms with Gasteiger partial charge in [-0.05, 0) is 6.92 Å². The van der Waals surface area contributed by atoms with Gasteiger partial charge in [-0.3, -0.25) is 0 Å². The summed E-state index contributed by atoms with van der Waals surface area (Å²) in [5, 5.41) is 0. The van der Waals surface area contributed by atoms with E-state index in [4.69, 9.17) is 0 Å². The van der Waals surface area contributed by atoms with Gasteiger partial charge in [0.1, 0.15) is 0 Å². The summed E-state index contributed by atoms with van der Waals surface area (Å²) < 4.78 is 4.27. The zero-order valence-corrected chi connectivity index (χ0v) is 6.64. The number of halogens is 1. The van der Waals surface area contributed by atoms with E-state index in [2.05, 4.69) is 11.3 Å². The van der Waals surface area contributed by atoms with Gasteiger partial charge in [0, 0.05) is 5.57 Å². The minimum atomic E-state index is -0.347. The summed E-state index contributed by atoms with van der Waals surface area (Å²) in [6.07, 6.45) is 0. The summed E-state index contributed by atoms with van der Waals surface area (Å²) in [5.74, 6) is -0.347. The highest BCUT2D eigenvalue weighted by Gasteiger charge is 1.95. The maximum atomic E-state index is 10.2. The third-order valence-electron chi connectivity index (χ3n) is 0.534. The summed E-state index contributed by atoms with van der Waals surface area (Å²) in [6, 6.07) is 0. The van der Waals surface area contributed by atoms with Crippen LogP contribution in [0.4, 0.5) is 0 Å². The SMILES string of the molecule is Br.C=C(C)C(=O)OC. The molecule has 0 aromatic carbocycles. The van der Waals surface area contributed by atoms with Gasteiger partial charge in [-0.15, -0.1) is 17.0 Å². The highest BCUT2D eigenvalue weighted by Crippen LogP contribution is 1.87. The van der Waals surface area contributed by atoms with Gasteiger partial charge in [0.05, 0.1) is 7.11 Å². The van der Waals surface area contributed by atoms with E-state index in [0.29, 0.717) is 5.57 Å². The van der Waals surface area contributed by atoms with E-state index in [9.17, 15) is 4.79 Å². The van der Waals surface area contributed by atoms with Crippen molar-refractivity contribution in [3.8, 4) is 0 Å². The van der Waals surface area contributed by atoms with Crippen molar-refractivity contribution in [3.05, 3.63) is 12.2 Å². The standard InChI is InChI=1S/C5H8O2.BrH/c1-4(2)5(6)7-3;/h1H2,2-3H3;1H. The monoisotopic (exact) mass is 180 g/mol. The quantitative estimate of drug-likeness (QED) is 0.450. The van der Waals surface area contributed by atoms with Crippen molar-refractivity contribution in [3.63, 3.8) is 0 Å². The second-order valence-corrected chi connectivity index (χ2v) is 1.27. The molecular weight excluding hydrogens is 172 g/mol. The summed E-state index contributed by atoms with van der Waals surface area (Å²) in [4.78, 5) is 10.2. The molecule has 0 radical (unpaired) electrons. The van der Waals surface area contributed by atoms with Crippen LogP contribution in [0.2, 0.25) is 0 Å². The van der Waals surface area contributed by atoms with Crippen molar-refractivity contribution in [1.29, 1.82) is 0 Å². The Hall–Kier alpha value is -0.310. The van der Waals surface area contributed by atoms with E-state index in [1.807, 2.05) is 0 Å². The molecule has 48 valence electrons. The van der Waals surface area contributed by atoms with Gasteiger partial charge in [-0.25, -0.2) is 4.79 Å². The molecule has 0 unspecified atom stereocenters. The molecule has 8 heavy (non-hydrogen) atoms. The predicted octanol–water partition coefficient (Wildman–Crippen LogP) is 1.31. The molecule has 0 atom stereocenters. The molecule has 0 N–H and O–H groups in total. The van der Waals surface area contributed by atoms with E-state index in [0.717, 1.165) is 0 Å². The molecule has 0 amide bonds. The molecule has 3 heteroatoms. The van der Waals surface area contributed by atoms with E-state index < -0.39 is 0 Å². The van der Waals surface area contributed by atoms with Crippen LogP contribution in [0.15, 0.2) is 12.2 Å². The molecule has 0 bridgehead atoms. The number of hydrogen-bond donors (Lipinski definition) is 0. The minimum Gasteiger partial charge on any atom is -0.466 e. The Morgan fingerprint density at radius 3 is 2.00 bits per heavy atom. The zero-order chi connectivity index (χ0) is 5.86. The molecule has 0 fully saturated rings. The van der Waals surface area contributed by atoms with E-state index in [1.54, 1.807) is 6.92 Å². The van der Waals surface area contributed by atoms with Crippen LogP contribution in [0.25, 0.3) is 0 Å². The van der Waals surface area contributed by atoms with Crippen LogP contribution in [-0.2, 0) is 9.53 Å². The third-order valence-corrected chi connectivity index (χ3v) is 0.534. The van der Waals surface area contributed by atoms with Gasteiger partial charge in [0.2, 0.25) is 0 Å².